The number of carbonyl (C=O) groups is 4. The summed E-state index contributed by atoms with van der Waals surface area (Å²) in [4.78, 5) is 51.1. The van der Waals surface area contributed by atoms with E-state index in [4.69, 9.17) is 4.74 Å². The Labute approximate surface area is 229 Å². The van der Waals surface area contributed by atoms with Gasteiger partial charge >= 0.3 is 6.03 Å². The maximum absolute atomic E-state index is 13.0. The highest BCUT2D eigenvalue weighted by atomic mass is 79.9. The number of carbonyl (C=O) groups excluding carboxylic acids is 4. The molecule has 5 amide bonds. The van der Waals surface area contributed by atoms with Crippen LogP contribution in [0.4, 0.5) is 16.2 Å². The van der Waals surface area contributed by atoms with Gasteiger partial charge in [0.1, 0.15) is 11.3 Å². The van der Waals surface area contributed by atoms with Gasteiger partial charge in [-0.25, -0.2) is 9.69 Å². The van der Waals surface area contributed by atoms with E-state index in [1.807, 2.05) is 32.0 Å². The molecule has 1 saturated heterocycles. The van der Waals surface area contributed by atoms with Gasteiger partial charge in [0.2, 0.25) is 0 Å². The van der Waals surface area contributed by atoms with Crippen LogP contribution in [-0.2, 0) is 14.4 Å². The van der Waals surface area contributed by atoms with E-state index in [0.717, 1.165) is 16.0 Å². The molecule has 1 heterocycles. The van der Waals surface area contributed by atoms with Crippen LogP contribution in [0.2, 0.25) is 0 Å². The molecule has 0 radical (unpaired) electrons. The number of hydrogen-bond acceptors (Lipinski definition) is 5. The highest BCUT2D eigenvalue weighted by Gasteiger charge is 2.36. The molecule has 0 aromatic heterocycles. The largest absolute Gasteiger partial charge is 0.481 e. The molecule has 0 bridgehead atoms. The van der Waals surface area contributed by atoms with Crippen LogP contribution in [0.15, 0.2) is 75.2 Å². The molecular weight excluding hydrogens is 606 g/mol. The zero-order valence-electron chi connectivity index (χ0n) is 19.8. The van der Waals surface area contributed by atoms with Crippen molar-refractivity contribution in [2.75, 3.05) is 16.8 Å². The van der Waals surface area contributed by atoms with Crippen molar-refractivity contribution in [3.05, 3.63) is 91.9 Å². The third kappa shape index (κ3) is 5.98. The summed E-state index contributed by atoms with van der Waals surface area (Å²) in [6, 6.07) is 16.4. The Morgan fingerprint density at radius 2 is 1.65 bits per heavy atom. The molecule has 3 aromatic rings. The normalized spacial score (nSPS) is 14.5. The van der Waals surface area contributed by atoms with Crippen LogP contribution in [0.25, 0.3) is 6.08 Å². The van der Waals surface area contributed by atoms with Crippen LogP contribution < -0.4 is 20.3 Å². The summed E-state index contributed by atoms with van der Waals surface area (Å²) >= 11 is 6.84. The Bertz CT molecular complexity index is 1430. The molecule has 188 valence electrons. The van der Waals surface area contributed by atoms with Gasteiger partial charge in [-0.2, -0.15) is 0 Å². The average molecular weight is 627 g/mol. The van der Waals surface area contributed by atoms with Crippen molar-refractivity contribution in [3.63, 3.8) is 0 Å². The third-order valence-electron chi connectivity index (χ3n) is 5.59. The fourth-order valence-electron chi connectivity index (χ4n) is 3.59. The Morgan fingerprint density at radius 1 is 0.973 bits per heavy atom. The number of anilines is 2. The van der Waals surface area contributed by atoms with Crippen molar-refractivity contribution < 1.29 is 23.9 Å². The second-order valence-electron chi connectivity index (χ2n) is 8.24. The van der Waals surface area contributed by atoms with Gasteiger partial charge < -0.3 is 10.1 Å². The molecule has 10 heteroatoms. The quantitative estimate of drug-likeness (QED) is 0.277. The predicted octanol–water partition coefficient (Wildman–Crippen LogP) is 5.51. The van der Waals surface area contributed by atoms with Crippen molar-refractivity contribution in [3.8, 4) is 5.75 Å². The first kappa shape index (κ1) is 26.3. The van der Waals surface area contributed by atoms with Gasteiger partial charge in [-0.05, 0) is 105 Å². The fraction of sp³-hybridized carbons (Fsp3) is 0.111. The Hall–Kier alpha value is -3.76. The molecule has 1 aliphatic heterocycles. The lowest BCUT2D eigenvalue weighted by molar-refractivity contribution is -0.122. The molecule has 1 fully saturated rings. The topological polar surface area (TPSA) is 105 Å². The van der Waals surface area contributed by atoms with Gasteiger partial charge in [-0.1, -0.05) is 24.3 Å². The van der Waals surface area contributed by atoms with Gasteiger partial charge in [0.05, 0.1) is 14.6 Å². The van der Waals surface area contributed by atoms with E-state index in [-0.39, 0.29) is 18.1 Å². The van der Waals surface area contributed by atoms with Crippen molar-refractivity contribution in [2.45, 2.75) is 13.8 Å². The van der Waals surface area contributed by atoms with E-state index in [1.54, 1.807) is 42.5 Å². The predicted molar refractivity (Wildman–Crippen MR) is 147 cm³/mol. The van der Waals surface area contributed by atoms with Crippen LogP contribution in [0.5, 0.6) is 5.75 Å². The molecule has 2 N–H and O–H groups in total. The number of para-hydroxylation sites is 1. The van der Waals surface area contributed by atoms with Crippen LogP contribution in [0.3, 0.4) is 0 Å². The first-order chi connectivity index (χ1) is 17.6. The van der Waals surface area contributed by atoms with E-state index < -0.39 is 17.8 Å². The summed E-state index contributed by atoms with van der Waals surface area (Å²) < 4.78 is 6.69. The lowest BCUT2D eigenvalue weighted by Crippen LogP contribution is -2.54. The number of ether oxygens (including phenoxy) is 1. The summed E-state index contributed by atoms with van der Waals surface area (Å²) in [5.74, 6) is -1.49. The maximum atomic E-state index is 13.0. The minimum Gasteiger partial charge on any atom is -0.481 e. The standard InChI is InChI=1S/C27H21Br2N3O5/c1-15-8-9-18(10-16(15)2)30-23(33)14-37-24-21(28)12-17(13-22(24)29)11-20-25(34)31-27(36)32(26(20)35)19-6-4-3-5-7-19/h3-13H,14H2,1-2H3,(H,30,33)(H,31,34,36)/b20-11-. The molecule has 8 nitrogen and oxygen atoms in total. The summed E-state index contributed by atoms with van der Waals surface area (Å²) in [6.45, 7) is 3.72. The Balaban J connectivity index is 1.50. The zero-order chi connectivity index (χ0) is 26.7. The summed E-state index contributed by atoms with van der Waals surface area (Å²) in [5.41, 5.74) is 3.50. The molecule has 0 atom stereocenters. The zero-order valence-corrected chi connectivity index (χ0v) is 23.0. The summed E-state index contributed by atoms with van der Waals surface area (Å²) in [5, 5.41) is 4.99. The minimum atomic E-state index is -0.816. The minimum absolute atomic E-state index is 0.205. The molecular formula is C27H21Br2N3O5. The Morgan fingerprint density at radius 3 is 2.30 bits per heavy atom. The number of halogens is 2. The van der Waals surface area contributed by atoms with Crippen molar-refractivity contribution in [1.29, 1.82) is 0 Å². The highest BCUT2D eigenvalue weighted by molar-refractivity contribution is 9.11. The molecule has 3 aromatic carbocycles. The first-order valence-electron chi connectivity index (χ1n) is 11.1. The number of rotatable bonds is 6. The van der Waals surface area contributed by atoms with Gasteiger partial charge in [0, 0.05) is 5.69 Å². The number of nitrogens with zero attached hydrogens (tertiary/aromatic N) is 1. The monoisotopic (exact) mass is 625 g/mol. The Kier molecular flexibility index (Phi) is 7.89. The molecule has 0 spiro atoms. The number of nitrogens with one attached hydrogen (secondary N) is 2. The maximum Gasteiger partial charge on any atom is 0.335 e. The van der Waals surface area contributed by atoms with Crippen molar-refractivity contribution in [2.24, 2.45) is 0 Å². The number of amides is 5. The second kappa shape index (κ2) is 11.1. The van der Waals surface area contributed by atoms with E-state index in [2.05, 4.69) is 42.5 Å². The van der Waals surface area contributed by atoms with Gasteiger partial charge in [-0.15, -0.1) is 0 Å². The number of urea groups is 1. The number of barbiturate groups is 1. The third-order valence-corrected chi connectivity index (χ3v) is 6.76. The molecule has 1 aliphatic rings. The lowest BCUT2D eigenvalue weighted by atomic mass is 10.1. The number of aryl methyl sites for hydroxylation is 2. The molecule has 0 unspecified atom stereocenters. The van der Waals surface area contributed by atoms with E-state index in [9.17, 15) is 19.2 Å². The molecule has 0 aliphatic carbocycles. The molecule has 37 heavy (non-hydrogen) atoms. The second-order valence-corrected chi connectivity index (χ2v) is 9.95. The summed E-state index contributed by atoms with van der Waals surface area (Å²) in [7, 11) is 0. The molecule has 4 rings (SSSR count). The van der Waals surface area contributed by atoms with Crippen LogP contribution in [0.1, 0.15) is 16.7 Å². The van der Waals surface area contributed by atoms with Crippen LogP contribution >= 0.6 is 31.9 Å². The van der Waals surface area contributed by atoms with Gasteiger partial charge in [0.25, 0.3) is 17.7 Å². The summed E-state index contributed by atoms with van der Waals surface area (Å²) in [6.07, 6.45) is 1.38. The fourth-order valence-corrected chi connectivity index (χ4v) is 5.04. The number of hydrogen-bond donors (Lipinski definition) is 2. The van der Waals surface area contributed by atoms with Crippen LogP contribution in [-0.4, -0.2) is 30.4 Å². The van der Waals surface area contributed by atoms with Crippen LogP contribution in [0, 0.1) is 13.8 Å². The van der Waals surface area contributed by atoms with Crippen molar-refractivity contribution in [1.82, 2.24) is 5.32 Å². The highest BCUT2D eigenvalue weighted by Crippen LogP contribution is 2.36. The number of imide groups is 2. The first-order valence-corrected chi connectivity index (χ1v) is 12.7. The SMILES string of the molecule is Cc1ccc(NC(=O)COc2c(Br)cc(/C=C3/C(=O)NC(=O)N(c4ccccc4)C3=O)cc2Br)cc1C. The number of benzene rings is 3. The molecule has 0 saturated carbocycles. The average Bonchev–Trinajstić information content (AvgIpc) is 2.84. The van der Waals surface area contributed by atoms with E-state index in [0.29, 0.717) is 31.6 Å². The van der Waals surface area contributed by atoms with Gasteiger partial charge in [-0.3, -0.25) is 19.7 Å². The van der Waals surface area contributed by atoms with Gasteiger partial charge in [0.15, 0.2) is 6.61 Å². The lowest BCUT2D eigenvalue weighted by Gasteiger charge is -2.26. The smallest absolute Gasteiger partial charge is 0.335 e. The van der Waals surface area contributed by atoms with Crippen molar-refractivity contribution >= 4 is 73.1 Å². The van der Waals surface area contributed by atoms with E-state index >= 15 is 0 Å². The van der Waals surface area contributed by atoms with E-state index in [1.165, 1.54) is 6.08 Å².